The lowest BCUT2D eigenvalue weighted by Gasteiger charge is -2.30. The first-order chi connectivity index (χ1) is 14.8. The summed E-state index contributed by atoms with van der Waals surface area (Å²) >= 11 is 11.5. The van der Waals surface area contributed by atoms with E-state index in [1.807, 2.05) is 6.07 Å². The van der Waals surface area contributed by atoms with E-state index in [-0.39, 0.29) is 10.7 Å². The number of rotatable bonds is 6. The Kier molecular flexibility index (Phi) is 6.77. The van der Waals surface area contributed by atoms with Gasteiger partial charge in [0.05, 0.1) is 19.9 Å². The number of methoxy groups -OCH3 is 2. The highest BCUT2D eigenvalue weighted by Crippen LogP contribution is 2.35. The molecule has 160 valence electrons. The average molecular weight is 457 g/mol. The van der Waals surface area contributed by atoms with Gasteiger partial charge < -0.3 is 9.47 Å². The fourth-order valence-corrected chi connectivity index (χ4v) is 3.78. The monoisotopic (exact) mass is 456 g/mol. The Bertz CT molecular complexity index is 1130. The van der Waals surface area contributed by atoms with Gasteiger partial charge in [-0.3, -0.25) is 19.8 Å². The molecule has 6 nitrogen and oxygen atoms in total. The molecule has 1 saturated heterocycles. The summed E-state index contributed by atoms with van der Waals surface area (Å²) in [6.45, 7) is 5.54. The van der Waals surface area contributed by atoms with Crippen LogP contribution in [0.3, 0.4) is 0 Å². The second-order valence-electron chi connectivity index (χ2n) is 6.75. The van der Waals surface area contributed by atoms with E-state index in [9.17, 15) is 9.59 Å². The van der Waals surface area contributed by atoms with Crippen molar-refractivity contribution in [3.63, 3.8) is 0 Å². The van der Waals surface area contributed by atoms with Crippen molar-refractivity contribution in [2.45, 2.75) is 13.3 Å². The van der Waals surface area contributed by atoms with Crippen molar-refractivity contribution < 1.29 is 19.1 Å². The summed E-state index contributed by atoms with van der Waals surface area (Å²) in [6, 6.07) is 8.67. The minimum atomic E-state index is -0.578. The van der Waals surface area contributed by atoms with Gasteiger partial charge in [0.25, 0.3) is 11.8 Å². The molecule has 0 atom stereocenters. The average Bonchev–Trinajstić information content (AvgIpc) is 2.73. The van der Waals surface area contributed by atoms with Crippen molar-refractivity contribution >= 4 is 52.5 Å². The van der Waals surface area contributed by atoms with E-state index in [1.54, 1.807) is 44.4 Å². The number of benzene rings is 2. The fourth-order valence-electron chi connectivity index (χ4n) is 3.34. The van der Waals surface area contributed by atoms with Gasteiger partial charge in [-0.2, -0.15) is 0 Å². The van der Waals surface area contributed by atoms with Crippen LogP contribution in [0.1, 0.15) is 16.7 Å². The van der Waals surface area contributed by atoms with E-state index < -0.39 is 11.8 Å². The second kappa shape index (κ2) is 9.32. The number of nitrogens with one attached hydrogen (secondary N) is 1. The first kappa shape index (κ1) is 22.5. The summed E-state index contributed by atoms with van der Waals surface area (Å²) in [6.07, 6.45) is 3.75. The lowest BCUT2D eigenvalue weighted by atomic mass is 10.0. The highest BCUT2D eigenvalue weighted by molar-refractivity contribution is 7.80. The lowest BCUT2D eigenvalue weighted by Crippen LogP contribution is -2.54. The Morgan fingerprint density at radius 3 is 2.61 bits per heavy atom. The maximum absolute atomic E-state index is 13.3. The number of hydrogen-bond donors (Lipinski definition) is 1. The Hall–Kier alpha value is -3.16. The number of carbonyl (C=O) groups is 2. The number of anilines is 1. The lowest BCUT2D eigenvalue weighted by molar-refractivity contribution is -0.122. The molecule has 3 rings (SSSR count). The summed E-state index contributed by atoms with van der Waals surface area (Å²) in [5, 5.41) is 3.07. The van der Waals surface area contributed by atoms with Crippen LogP contribution in [0, 0.1) is 6.92 Å². The molecule has 2 aromatic carbocycles. The SMILES string of the molecule is C=CCc1cc(/C=C2\C(=O)NC(=S)N(c3cccc(Cl)c3C)C2=O)cc(OC)c1OC. The van der Waals surface area contributed by atoms with Gasteiger partial charge >= 0.3 is 0 Å². The van der Waals surface area contributed by atoms with Crippen molar-refractivity contribution in [3.05, 3.63) is 70.3 Å². The van der Waals surface area contributed by atoms with E-state index in [1.165, 1.54) is 18.1 Å². The van der Waals surface area contributed by atoms with Crippen LogP contribution in [0.25, 0.3) is 6.08 Å². The van der Waals surface area contributed by atoms with Crippen molar-refractivity contribution in [3.8, 4) is 11.5 Å². The number of nitrogens with zero attached hydrogens (tertiary/aromatic N) is 1. The van der Waals surface area contributed by atoms with Gasteiger partial charge in [0.1, 0.15) is 5.57 Å². The molecule has 0 spiro atoms. The molecule has 0 aromatic heterocycles. The largest absolute Gasteiger partial charge is 0.493 e. The molecule has 0 radical (unpaired) electrons. The van der Waals surface area contributed by atoms with Gasteiger partial charge in [-0.15, -0.1) is 6.58 Å². The predicted molar refractivity (Wildman–Crippen MR) is 126 cm³/mol. The van der Waals surface area contributed by atoms with Crippen LogP contribution in [0.15, 0.2) is 48.6 Å². The topological polar surface area (TPSA) is 67.9 Å². The maximum atomic E-state index is 13.3. The van der Waals surface area contributed by atoms with Crippen molar-refractivity contribution in [2.75, 3.05) is 19.1 Å². The van der Waals surface area contributed by atoms with Crippen LogP contribution in [0.5, 0.6) is 11.5 Å². The first-order valence-corrected chi connectivity index (χ1v) is 10.1. The van der Waals surface area contributed by atoms with Gasteiger partial charge in [-0.1, -0.05) is 23.7 Å². The van der Waals surface area contributed by atoms with Gasteiger partial charge in [-0.25, -0.2) is 0 Å². The molecule has 2 amide bonds. The van der Waals surface area contributed by atoms with Crippen LogP contribution < -0.4 is 19.7 Å². The smallest absolute Gasteiger partial charge is 0.270 e. The second-order valence-corrected chi connectivity index (χ2v) is 7.54. The molecule has 8 heteroatoms. The van der Waals surface area contributed by atoms with E-state index in [4.69, 9.17) is 33.3 Å². The van der Waals surface area contributed by atoms with E-state index in [0.29, 0.717) is 39.8 Å². The van der Waals surface area contributed by atoms with E-state index in [0.717, 1.165) is 5.56 Å². The number of carbonyl (C=O) groups excluding carboxylic acids is 2. The molecule has 1 aliphatic heterocycles. The third-order valence-electron chi connectivity index (χ3n) is 4.84. The Morgan fingerprint density at radius 2 is 1.97 bits per heavy atom. The zero-order chi connectivity index (χ0) is 22.7. The predicted octanol–water partition coefficient (Wildman–Crippen LogP) is 4.23. The summed E-state index contributed by atoms with van der Waals surface area (Å²) < 4.78 is 10.9. The van der Waals surface area contributed by atoms with Gasteiger partial charge in [0.15, 0.2) is 16.6 Å². The van der Waals surface area contributed by atoms with Crippen LogP contribution in [-0.4, -0.2) is 31.1 Å². The Morgan fingerprint density at radius 1 is 1.23 bits per heavy atom. The third-order valence-corrected chi connectivity index (χ3v) is 5.53. The highest BCUT2D eigenvalue weighted by Gasteiger charge is 2.35. The van der Waals surface area contributed by atoms with Crippen molar-refractivity contribution in [2.24, 2.45) is 0 Å². The maximum Gasteiger partial charge on any atom is 0.270 e. The van der Waals surface area contributed by atoms with Gasteiger partial charge in [0.2, 0.25) is 0 Å². The summed E-state index contributed by atoms with van der Waals surface area (Å²) in [5.41, 5.74) is 2.53. The minimum Gasteiger partial charge on any atom is -0.493 e. The quantitative estimate of drug-likeness (QED) is 0.305. The van der Waals surface area contributed by atoms with Crippen LogP contribution >= 0.6 is 23.8 Å². The zero-order valence-electron chi connectivity index (χ0n) is 17.3. The van der Waals surface area contributed by atoms with Gasteiger partial charge in [0, 0.05) is 10.6 Å². The summed E-state index contributed by atoms with van der Waals surface area (Å²) in [5.74, 6) is -0.0677. The van der Waals surface area contributed by atoms with Crippen LogP contribution in [0.2, 0.25) is 5.02 Å². The van der Waals surface area contributed by atoms with Crippen molar-refractivity contribution in [1.29, 1.82) is 0 Å². The molecule has 0 unspecified atom stereocenters. The molecule has 1 heterocycles. The van der Waals surface area contributed by atoms with E-state index in [2.05, 4.69) is 11.9 Å². The Labute approximate surface area is 191 Å². The van der Waals surface area contributed by atoms with Gasteiger partial charge in [-0.05, 0) is 67.0 Å². The number of hydrogen-bond acceptors (Lipinski definition) is 5. The first-order valence-electron chi connectivity index (χ1n) is 9.34. The molecule has 1 N–H and O–H groups in total. The molecular formula is C23H21ClN2O4S. The molecule has 1 fully saturated rings. The molecule has 31 heavy (non-hydrogen) atoms. The summed E-state index contributed by atoms with van der Waals surface area (Å²) in [4.78, 5) is 27.2. The molecule has 0 aliphatic carbocycles. The van der Waals surface area contributed by atoms with Crippen LogP contribution in [0.4, 0.5) is 5.69 Å². The number of allylic oxidation sites excluding steroid dienone is 1. The molecule has 1 aliphatic rings. The molecule has 0 saturated carbocycles. The fraction of sp³-hybridized carbons (Fsp3) is 0.174. The van der Waals surface area contributed by atoms with Crippen LogP contribution in [-0.2, 0) is 16.0 Å². The number of amides is 2. The number of halogens is 1. The molecular weight excluding hydrogens is 436 g/mol. The normalized spacial score (nSPS) is 15.2. The zero-order valence-corrected chi connectivity index (χ0v) is 18.9. The standard InChI is InChI=1S/C23H21ClN2O4S/c1-5-7-15-10-14(12-19(29-3)20(15)30-4)11-16-21(27)25-23(31)26(22(16)28)18-9-6-8-17(24)13(18)2/h5-6,8-12H,1,7H2,2-4H3,(H,25,27,31)/b16-11+. The highest BCUT2D eigenvalue weighted by atomic mass is 35.5. The Balaban J connectivity index is 2.11. The number of ether oxygens (including phenoxy) is 2. The number of thiocarbonyl (C=S) groups is 1. The summed E-state index contributed by atoms with van der Waals surface area (Å²) in [7, 11) is 3.07. The molecule has 2 aromatic rings. The van der Waals surface area contributed by atoms with Crippen molar-refractivity contribution in [1.82, 2.24) is 5.32 Å². The molecule has 0 bridgehead atoms. The van der Waals surface area contributed by atoms with E-state index >= 15 is 0 Å². The third kappa shape index (κ3) is 4.33. The minimum absolute atomic E-state index is 0.00262.